The van der Waals surface area contributed by atoms with E-state index in [0.29, 0.717) is 18.0 Å². The van der Waals surface area contributed by atoms with Crippen molar-refractivity contribution in [1.82, 2.24) is 9.88 Å². The van der Waals surface area contributed by atoms with Crippen LogP contribution in [0.4, 0.5) is 11.4 Å². The van der Waals surface area contributed by atoms with E-state index >= 15 is 0 Å². The first-order valence-electron chi connectivity index (χ1n) is 7.41. The Bertz CT molecular complexity index is 624. The summed E-state index contributed by atoms with van der Waals surface area (Å²) in [5.74, 6) is 0.661. The molecule has 0 radical (unpaired) electrons. The fraction of sp³-hybridized carbons (Fsp3) is 0.294. The minimum absolute atomic E-state index is 0.122. The van der Waals surface area contributed by atoms with Crippen molar-refractivity contribution in [2.24, 2.45) is 0 Å². The summed E-state index contributed by atoms with van der Waals surface area (Å²) in [6, 6.07) is 10.8. The van der Waals surface area contributed by atoms with Crippen LogP contribution in [0.1, 0.15) is 5.69 Å². The molecule has 0 saturated heterocycles. The molecule has 23 heavy (non-hydrogen) atoms. The van der Waals surface area contributed by atoms with E-state index in [0.717, 1.165) is 18.0 Å². The zero-order chi connectivity index (χ0) is 16.7. The predicted molar refractivity (Wildman–Crippen MR) is 91.5 cm³/mol. The molecule has 0 unspecified atom stereocenters. The van der Waals surface area contributed by atoms with E-state index in [4.69, 9.17) is 10.5 Å². The third-order valence-corrected chi connectivity index (χ3v) is 3.13. The molecule has 1 aromatic heterocycles. The highest BCUT2D eigenvalue weighted by Gasteiger charge is 2.05. The average Bonchev–Trinajstić information content (AvgIpc) is 2.51. The number of pyridine rings is 1. The maximum absolute atomic E-state index is 12.0. The lowest BCUT2D eigenvalue weighted by Gasteiger charge is -2.11. The number of carbonyl (C=O) groups is 1. The fourth-order valence-electron chi connectivity index (χ4n) is 1.89. The monoisotopic (exact) mass is 314 g/mol. The van der Waals surface area contributed by atoms with Crippen LogP contribution in [-0.4, -0.2) is 43.0 Å². The Hall–Kier alpha value is -2.60. The maximum Gasteiger partial charge on any atom is 0.230 e. The first-order chi connectivity index (χ1) is 11.0. The molecular weight excluding hydrogens is 292 g/mol. The lowest BCUT2D eigenvalue weighted by atomic mass is 10.2. The molecule has 6 heteroatoms. The Morgan fingerprint density at radius 3 is 2.57 bits per heavy atom. The molecular formula is C17H22N4O2. The Morgan fingerprint density at radius 1 is 1.22 bits per heavy atom. The minimum Gasteiger partial charge on any atom is -0.492 e. The summed E-state index contributed by atoms with van der Waals surface area (Å²) in [6.07, 6.45) is 1.75. The largest absolute Gasteiger partial charge is 0.492 e. The summed E-state index contributed by atoms with van der Waals surface area (Å²) in [5, 5.41) is 2.83. The number of nitrogens with two attached hydrogens (primary N) is 1. The van der Waals surface area contributed by atoms with Crippen LogP contribution in [0.25, 0.3) is 0 Å². The van der Waals surface area contributed by atoms with Gasteiger partial charge in [-0.2, -0.15) is 0 Å². The molecule has 2 aromatic rings. The van der Waals surface area contributed by atoms with Gasteiger partial charge in [0.15, 0.2) is 0 Å². The molecule has 1 amide bonds. The van der Waals surface area contributed by atoms with Crippen molar-refractivity contribution in [3.63, 3.8) is 0 Å². The molecule has 1 aromatic carbocycles. The fourth-order valence-corrected chi connectivity index (χ4v) is 1.89. The van der Waals surface area contributed by atoms with Crippen molar-refractivity contribution >= 4 is 17.3 Å². The number of hydrogen-bond donors (Lipinski definition) is 2. The topological polar surface area (TPSA) is 80.5 Å². The van der Waals surface area contributed by atoms with Gasteiger partial charge in [0.05, 0.1) is 18.3 Å². The minimum atomic E-state index is -0.122. The summed E-state index contributed by atoms with van der Waals surface area (Å²) in [6.45, 7) is 1.48. The van der Waals surface area contributed by atoms with E-state index in [9.17, 15) is 4.79 Å². The standard InChI is InChI=1S/C17H22N4O2/c1-21(2)9-10-23-16-7-5-14(6-8-16)20-17(22)11-15-4-3-13(18)12-19-15/h3-8,12H,9-11,18H2,1-2H3,(H,20,22). The first kappa shape index (κ1) is 16.8. The highest BCUT2D eigenvalue weighted by atomic mass is 16.5. The molecule has 0 fully saturated rings. The number of rotatable bonds is 7. The van der Waals surface area contributed by atoms with Crippen LogP contribution < -0.4 is 15.8 Å². The number of anilines is 2. The van der Waals surface area contributed by atoms with Crippen molar-refractivity contribution in [2.75, 3.05) is 38.3 Å². The van der Waals surface area contributed by atoms with E-state index in [2.05, 4.69) is 15.2 Å². The molecule has 0 aliphatic carbocycles. The van der Waals surface area contributed by atoms with E-state index in [-0.39, 0.29) is 12.3 Å². The van der Waals surface area contributed by atoms with Gasteiger partial charge in [-0.3, -0.25) is 9.78 Å². The number of nitrogens with zero attached hydrogens (tertiary/aromatic N) is 2. The second-order valence-electron chi connectivity index (χ2n) is 5.48. The molecule has 0 aliphatic heterocycles. The predicted octanol–water partition coefficient (Wildman–Crippen LogP) is 1.79. The van der Waals surface area contributed by atoms with Crippen LogP contribution in [0, 0.1) is 0 Å². The third kappa shape index (κ3) is 5.96. The van der Waals surface area contributed by atoms with E-state index < -0.39 is 0 Å². The van der Waals surface area contributed by atoms with Gasteiger partial charge < -0.3 is 20.7 Å². The average molecular weight is 314 g/mol. The van der Waals surface area contributed by atoms with Gasteiger partial charge in [0.25, 0.3) is 0 Å². The number of benzene rings is 1. The van der Waals surface area contributed by atoms with Crippen LogP contribution in [-0.2, 0) is 11.2 Å². The molecule has 2 rings (SSSR count). The molecule has 3 N–H and O–H groups in total. The Balaban J connectivity index is 1.82. The highest BCUT2D eigenvalue weighted by Crippen LogP contribution is 2.16. The van der Waals surface area contributed by atoms with Gasteiger partial charge in [0.1, 0.15) is 12.4 Å². The Kier molecular flexibility index (Phi) is 5.94. The van der Waals surface area contributed by atoms with Crippen molar-refractivity contribution in [3.8, 4) is 5.75 Å². The highest BCUT2D eigenvalue weighted by molar-refractivity contribution is 5.92. The molecule has 0 atom stereocenters. The normalized spacial score (nSPS) is 10.6. The quantitative estimate of drug-likeness (QED) is 0.814. The summed E-state index contributed by atoms with van der Waals surface area (Å²) in [7, 11) is 4.00. The van der Waals surface area contributed by atoms with Crippen LogP contribution in [0.5, 0.6) is 5.75 Å². The summed E-state index contributed by atoms with van der Waals surface area (Å²) in [5.41, 5.74) is 7.56. The number of hydrogen-bond acceptors (Lipinski definition) is 5. The molecule has 0 bridgehead atoms. The van der Waals surface area contributed by atoms with Gasteiger partial charge >= 0.3 is 0 Å². The van der Waals surface area contributed by atoms with Crippen LogP contribution in [0.3, 0.4) is 0 Å². The van der Waals surface area contributed by atoms with Crippen molar-refractivity contribution < 1.29 is 9.53 Å². The number of aromatic nitrogens is 1. The van der Waals surface area contributed by atoms with Gasteiger partial charge in [-0.1, -0.05) is 0 Å². The first-order valence-corrected chi connectivity index (χ1v) is 7.41. The van der Waals surface area contributed by atoms with Crippen LogP contribution in [0.15, 0.2) is 42.6 Å². The van der Waals surface area contributed by atoms with Crippen molar-refractivity contribution in [1.29, 1.82) is 0 Å². The van der Waals surface area contributed by atoms with E-state index in [1.165, 1.54) is 0 Å². The zero-order valence-corrected chi connectivity index (χ0v) is 13.5. The van der Waals surface area contributed by atoms with Crippen molar-refractivity contribution in [3.05, 3.63) is 48.3 Å². The van der Waals surface area contributed by atoms with Crippen LogP contribution in [0.2, 0.25) is 0 Å². The molecule has 1 heterocycles. The molecule has 0 aliphatic rings. The number of ether oxygens (including phenoxy) is 1. The second kappa shape index (κ2) is 8.14. The zero-order valence-electron chi connectivity index (χ0n) is 13.5. The molecule has 6 nitrogen and oxygen atoms in total. The summed E-state index contributed by atoms with van der Waals surface area (Å²) in [4.78, 5) is 18.1. The lowest BCUT2D eigenvalue weighted by molar-refractivity contribution is -0.115. The SMILES string of the molecule is CN(C)CCOc1ccc(NC(=O)Cc2ccc(N)cn2)cc1. The molecule has 122 valence electrons. The summed E-state index contributed by atoms with van der Waals surface area (Å²) >= 11 is 0. The van der Waals surface area contributed by atoms with Crippen molar-refractivity contribution in [2.45, 2.75) is 6.42 Å². The van der Waals surface area contributed by atoms with Gasteiger partial charge in [0, 0.05) is 17.9 Å². The second-order valence-corrected chi connectivity index (χ2v) is 5.48. The lowest BCUT2D eigenvalue weighted by Crippen LogP contribution is -2.19. The smallest absolute Gasteiger partial charge is 0.230 e. The van der Waals surface area contributed by atoms with Gasteiger partial charge in [-0.05, 0) is 50.5 Å². The maximum atomic E-state index is 12.0. The van der Waals surface area contributed by atoms with Gasteiger partial charge in [-0.25, -0.2) is 0 Å². The summed E-state index contributed by atoms with van der Waals surface area (Å²) < 4.78 is 5.61. The Morgan fingerprint density at radius 2 is 1.96 bits per heavy atom. The number of likely N-dealkylation sites (N-methyl/N-ethyl adjacent to an activating group) is 1. The third-order valence-electron chi connectivity index (χ3n) is 3.13. The number of nitrogen functional groups attached to an aromatic ring is 1. The number of carbonyl (C=O) groups excluding carboxylic acids is 1. The van der Waals surface area contributed by atoms with Crippen LogP contribution >= 0.6 is 0 Å². The Labute approximate surface area is 136 Å². The van der Waals surface area contributed by atoms with Gasteiger partial charge in [0.2, 0.25) is 5.91 Å². The number of amides is 1. The molecule has 0 saturated carbocycles. The molecule has 0 spiro atoms. The number of nitrogens with one attached hydrogen (secondary N) is 1. The van der Waals surface area contributed by atoms with E-state index in [1.807, 2.05) is 38.4 Å². The van der Waals surface area contributed by atoms with Gasteiger partial charge in [-0.15, -0.1) is 0 Å². The van der Waals surface area contributed by atoms with E-state index in [1.54, 1.807) is 18.3 Å².